The molecule has 1 N–H and O–H groups in total. The molecule has 1 aliphatic heterocycles. The number of anilines is 1. The SMILES string of the molecule is CCN=C1S/C(=C\c2cc(Cl)c(OCC(=O)Nc3ccc(C)cc3)c(OCC)c2)C(=O)N1CC. The summed E-state index contributed by atoms with van der Waals surface area (Å²) in [6.45, 7) is 8.96. The van der Waals surface area contributed by atoms with E-state index >= 15 is 0 Å². The number of hydrogen-bond acceptors (Lipinski definition) is 6. The lowest BCUT2D eigenvalue weighted by Gasteiger charge is -2.15. The molecule has 1 heterocycles. The summed E-state index contributed by atoms with van der Waals surface area (Å²) < 4.78 is 11.4. The van der Waals surface area contributed by atoms with E-state index in [1.54, 1.807) is 23.1 Å². The highest BCUT2D eigenvalue weighted by atomic mass is 35.5. The Balaban J connectivity index is 1.78. The first-order valence-corrected chi connectivity index (χ1v) is 12.3. The van der Waals surface area contributed by atoms with E-state index in [1.165, 1.54) is 11.8 Å². The van der Waals surface area contributed by atoms with Gasteiger partial charge in [0.05, 0.1) is 16.5 Å². The van der Waals surface area contributed by atoms with Gasteiger partial charge in [-0.2, -0.15) is 0 Å². The first kappa shape index (κ1) is 25.6. The number of likely N-dealkylation sites (N-methyl/N-ethyl adjacent to an activating group) is 1. The van der Waals surface area contributed by atoms with Crippen LogP contribution in [0.1, 0.15) is 31.9 Å². The lowest BCUT2D eigenvalue weighted by molar-refractivity contribution is -0.122. The number of halogens is 1. The van der Waals surface area contributed by atoms with Gasteiger partial charge >= 0.3 is 0 Å². The van der Waals surface area contributed by atoms with Gasteiger partial charge in [0, 0.05) is 18.8 Å². The van der Waals surface area contributed by atoms with Crippen molar-refractivity contribution in [2.24, 2.45) is 4.99 Å². The van der Waals surface area contributed by atoms with Crippen molar-refractivity contribution in [3.05, 3.63) is 57.5 Å². The number of carbonyl (C=O) groups excluding carboxylic acids is 2. The summed E-state index contributed by atoms with van der Waals surface area (Å²) >= 11 is 7.83. The molecule has 2 amide bonds. The summed E-state index contributed by atoms with van der Waals surface area (Å²) in [5, 5.41) is 3.76. The Kier molecular flexibility index (Phi) is 9.01. The number of amides is 2. The van der Waals surface area contributed by atoms with Crippen LogP contribution < -0.4 is 14.8 Å². The smallest absolute Gasteiger partial charge is 0.266 e. The largest absolute Gasteiger partial charge is 0.490 e. The number of aryl methyl sites for hydroxylation is 1. The van der Waals surface area contributed by atoms with E-state index in [-0.39, 0.29) is 29.2 Å². The Morgan fingerprint density at radius 1 is 1.18 bits per heavy atom. The van der Waals surface area contributed by atoms with Crippen LogP contribution in [0.15, 0.2) is 46.3 Å². The molecule has 0 atom stereocenters. The number of thioether (sulfide) groups is 1. The van der Waals surface area contributed by atoms with Crippen molar-refractivity contribution in [2.75, 3.05) is 31.6 Å². The van der Waals surface area contributed by atoms with Crippen LogP contribution in [0.2, 0.25) is 5.02 Å². The van der Waals surface area contributed by atoms with Gasteiger partial charge in [0.25, 0.3) is 11.8 Å². The number of hydrogen-bond donors (Lipinski definition) is 1. The Morgan fingerprint density at radius 2 is 1.91 bits per heavy atom. The molecule has 2 aromatic carbocycles. The fourth-order valence-corrected chi connectivity index (χ4v) is 4.62. The van der Waals surface area contributed by atoms with Gasteiger partial charge in [0.1, 0.15) is 0 Å². The fourth-order valence-electron chi connectivity index (χ4n) is 3.24. The van der Waals surface area contributed by atoms with Crippen LogP contribution in [-0.4, -0.2) is 48.2 Å². The average Bonchev–Trinajstić information content (AvgIpc) is 3.09. The van der Waals surface area contributed by atoms with E-state index in [1.807, 2.05) is 52.0 Å². The normalized spacial score (nSPS) is 15.8. The molecule has 1 fully saturated rings. The van der Waals surface area contributed by atoms with Crippen molar-refractivity contribution >= 4 is 52.1 Å². The van der Waals surface area contributed by atoms with Crippen LogP contribution in [0.5, 0.6) is 11.5 Å². The van der Waals surface area contributed by atoms with E-state index in [0.717, 1.165) is 5.56 Å². The predicted molar refractivity (Wildman–Crippen MR) is 139 cm³/mol. The molecule has 0 aliphatic carbocycles. The minimum absolute atomic E-state index is 0.0955. The Morgan fingerprint density at radius 3 is 2.56 bits per heavy atom. The quantitative estimate of drug-likeness (QED) is 0.467. The molecule has 0 aromatic heterocycles. The molecule has 0 radical (unpaired) electrons. The minimum atomic E-state index is -0.316. The molecule has 1 aliphatic rings. The molecule has 34 heavy (non-hydrogen) atoms. The summed E-state index contributed by atoms with van der Waals surface area (Å²) in [5.41, 5.74) is 2.48. The highest BCUT2D eigenvalue weighted by molar-refractivity contribution is 8.18. The third-order valence-electron chi connectivity index (χ3n) is 4.81. The van der Waals surface area contributed by atoms with Crippen LogP contribution in [-0.2, 0) is 9.59 Å². The van der Waals surface area contributed by atoms with Crippen LogP contribution in [0.25, 0.3) is 6.08 Å². The highest BCUT2D eigenvalue weighted by Gasteiger charge is 2.32. The Labute approximate surface area is 209 Å². The summed E-state index contributed by atoms with van der Waals surface area (Å²) in [5.74, 6) is 0.263. The van der Waals surface area contributed by atoms with Crippen LogP contribution in [0.4, 0.5) is 5.69 Å². The second kappa shape index (κ2) is 11.9. The molecule has 9 heteroatoms. The van der Waals surface area contributed by atoms with Gasteiger partial charge in [0.2, 0.25) is 0 Å². The number of nitrogens with zero attached hydrogens (tertiary/aromatic N) is 2. The van der Waals surface area contributed by atoms with E-state index in [2.05, 4.69) is 10.3 Å². The maximum absolute atomic E-state index is 12.8. The monoisotopic (exact) mass is 501 g/mol. The van der Waals surface area contributed by atoms with E-state index in [4.69, 9.17) is 21.1 Å². The molecule has 0 saturated carbocycles. The summed E-state index contributed by atoms with van der Waals surface area (Å²) in [6.07, 6.45) is 1.76. The zero-order valence-corrected chi connectivity index (χ0v) is 21.3. The van der Waals surface area contributed by atoms with Gasteiger partial charge in [-0.3, -0.25) is 19.5 Å². The number of ether oxygens (including phenoxy) is 2. The van der Waals surface area contributed by atoms with Gasteiger partial charge < -0.3 is 14.8 Å². The van der Waals surface area contributed by atoms with Crippen LogP contribution in [0, 0.1) is 6.92 Å². The van der Waals surface area contributed by atoms with Crippen molar-refractivity contribution in [1.29, 1.82) is 0 Å². The van der Waals surface area contributed by atoms with Crippen molar-refractivity contribution in [3.8, 4) is 11.5 Å². The maximum Gasteiger partial charge on any atom is 0.266 e. The van der Waals surface area contributed by atoms with E-state index in [0.29, 0.717) is 46.8 Å². The number of nitrogens with one attached hydrogen (secondary N) is 1. The molecule has 3 rings (SSSR count). The second-order valence-corrected chi connectivity index (χ2v) is 8.80. The number of benzene rings is 2. The zero-order chi connectivity index (χ0) is 24.7. The molecule has 7 nitrogen and oxygen atoms in total. The van der Waals surface area contributed by atoms with Gasteiger partial charge in [-0.25, -0.2) is 0 Å². The molecule has 1 saturated heterocycles. The highest BCUT2D eigenvalue weighted by Crippen LogP contribution is 2.39. The molecule has 0 spiro atoms. The number of amidine groups is 1. The molecule has 0 bridgehead atoms. The lowest BCUT2D eigenvalue weighted by Crippen LogP contribution is -2.28. The van der Waals surface area contributed by atoms with Gasteiger partial charge in [0.15, 0.2) is 23.3 Å². The predicted octanol–water partition coefficient (Wildman–Crippen LogP) is 5.38. The number of aliphatic imine (C=N–C) groups is 1. The van der Waals surface area contributed by atoms with E-state index < -0.39 is 0 Å². The van der Waals surface area contributed by atoms with E-state index in [9.17, 15) is 9.59 Å². The Hall–Kier alpha value is -2.97. The van der Waals surface area contributed by atoms with Gasteiger partial charge in [-0.1, -0.05) is 29.3 Å². The van der Waals surface area contributed by atoms with Gasteiger partial charge in [-0.05, 0) is 75.4 Å². The first-order chi connectivity index (χ1) is 16.4. The molecule has 180 valence electrons. The van der Waals surface area contributed by atoms with Crippen molar-refractivity contribution in [2.45, 2.75) is 27.7 Å². The van der Waals surface area contributed by atoms with Crippen molar-refractivity contribution < 1.29 is 19.1 Å². The third kappa shape index (κ3) is 6.33. The zero-order valence-electron chi connectivity index (χ0n) is 19.7. The molecular weight excluding hydrogens is 474 g/mol. The number of carbonyl (C=O) groups is 2. The summed E-state index contributed by atoms with van der Waals surface area (Å²) in [7, 11) is 0. The average molecular weight is 502 g/mol. The fraction of sp³-hybridized carbons (Fsp3) is 0.320. The standard InChI is InChI=1S/C25H28ClN3O4S/c1-5-27-25-29(6-2)24(31)21(34-25)14-17-12-19(26)23(20(13-17)32-7-3)33-15-22(30)28-18-10-8-16(4)9-11-18/h8-14H,5-7,15H2,1-4H3,(H,28,30)/b21-14-,27-25?. The third-order valence-corrected chi connectivity index (χ3v) is 6.14. The molecule has 0 unspecified atom stereocenters. The molecule has 2 aromatic rings. The summed E-state index contributed by atoms with van der Waals surface area (Å²) in [4.78, 5) is 31.7. The Bertz CT molecular complexity index is 1120. The minimum Gasteiger partial charge on any atom is -0.490 e. The van der Waals surface area contributed by atoms with Crippen LogP contribution in [0.3, 0.4) is 0 Å². The summed E-state index contributed by atoms with van der Waals surface area (Å²) in [6, 6.07) is 10.9. The lowest BCUT2D eigenvalue weighted by atomic mass is 10.1. The number of rotatable bonds is 9. The topological polar surface area (TPSA) is 80.2 Å². The maximum atomic E-state index is 12.8. The molecular formula is C25H28ClN3O4S. The van der Waals surface area contributed by atoms with Crippen molar-refractivity contribution in [3.63, 3.8) is 0 Å². The first-order valence-electron chi connectivity index (χ1n) is 11.1. The van der Waals surface area contributed by atoms with Gasteiger partial charge in [-0.15, -0.1) is 0 Å². The van der Waals surface area contributed by atoms with Crippen molar-refractivity contribution in [1.82, 2.24) is 4.90 Å². The van der Waals surface area contributed by atoms with Crippen LogP contribution >= 0.6 is 23.4 Å². The second-order valence-electron chi connectivity index (χ2n) is 7.38.